The number of rotatable bonds is 0. The molecule has 1 heterocycles. The summed E-state index contributed by atoms with van der Waals surface area (Å²) in [6.07, 6.45) is 0. The molecule has 0 radical (unpaired) electrons. The standard InChI is InChI=1S/C10H12BrN/c1-7-5-12-6-9-8(7)3-2-4-10(9)11/h2-4,7,12H,5-6H2,1H3. The fourth-order valence-electron chi connectivity index (χ4n) is 1.75. The van der Waals surface area contributed by atoms with E-state index in [0.717, 1.165) is 13.1 Å². The lowest BCUT2D eigenvalue weighted by Crippen LogP contribution is -2.26. The summed E-state index contributed by atoms with van der Waals surface area (Å²) in [6, 6.07) is 6.45. The molecule has 1 aromatic rings. The highest BCUT2D eigenvalue weighted by Crippen LogP contribution is 2.28. The van der Waals surface area contributed by atoms with Crippen molar-refractivity contribution in [2.75, 3.05) is 6.54 Å². The largest absolute Gasteiger partial charge is 0.312 e. The van der Waals surface area contributed by atoms with E-state index in [4.69, 9.17) is 0 Å². The van der Waals surface area contributed by atoms with Gasteiger partial charge in [-0.25, -0.2) is 0 Å². The Morgan fingerprint density at radius 1 is 1.50 bits per heavy atom. The molecule has 2 rings (SSSR count). The van der Waals surface area contributed by atoms with Gasteiger partial charge in [-0.2, -0.15) is 0 Å². The van der Waals surface area contributed by atoms with Crippen LogP contribution in [-0.4, -0.2) is 6.54 Å². The van der Waals surface area contributed by atoms with E-state index in [1.165, 1.54) is 15.6 Å². The van der Waals surface area contributed by atoms with Gasteiger partial charge in [0, 0.05) is 17.6 Å². The molecule has 64 valence electrons. The average Bonchev–Trinajstić information content (AvgIpc) is 2.07. The molecule has 0 saturated carbocycles. The first-order chi connectivity index (χ1) is 5.79. The Labute approximate surface area is 81.3 Å². The summed E-state index contributed by atoms with van der Waals surface area (Å²) in [5, 5.41) is 3.40. The molecule has 1 aliphatic heterocycles. The van der Waals surface area contributed by atoms with E-state index in [1.807, 2.05) is 0 Å². The van der Waals surface area contributed by atoms with Crippen molar-refractivity contribution < 1.29 is 0 Å². The summed E-state index contributed by atoms with van der Waals surface area (Å²) in [4.78, 5) is 0. The zero-order valence-electron chi connectivity index (χ0n) is 7.10. The van der Waals surface area contributed by atoms with Crippen molar-refractivity contribution in [3.8, 4) is 0 Å². The lowest BCUT2D eigenvalue weighted by atomic mass is 9.93. The van der Waals surface area contributed by atoms with Gasteiger partial charge in [-0.15, -0.1) is 0 Å². The summed E-state index contributed by atoms with van der Waals surface area (Å²) >= 11 is 3.57. The molecule has 1 N–H and O–H groups in total. The minimum Gasteiger partial charge on any atom is -0.312 e. The van der Waals surface area contributed by atoms with Gasteiger partial charge >= 0.3 is 0 Å². The Kier molecular flexibility index (Phi) is 2.20. The molecule has 2 heteroatoms. The SMILES string of the molecule is CC1CNCc2c(Br)cccc21. The van der Waals surface area contributed by atoms with E-state index >= 15 is 0 Å². The Morgan fingerprint density at radius 2 is 2.33 bits per heavy atom. The second-order valence-electron chi connectivity index (χ2n) is 3.34. The number of hydrogen-bond donors (Lipinski definition) is 1. The first-order valence-electron chi connectivity index (χ1n) is 4.27. The van der Waals surface area contributed by atoms with Crippen molar-refractivity contribution in [1.82, 2.24) is 5.32 Å². The van der Waals surface area contributed by atoms with Crippen molar-refractivity contribution in [2.45, 2.75) is 19.4 Å². The predicted molar refractivity (Wildman–Crippen MR) is 54.3 cm³/mol. The molecular formula is C10H12BrN. The first kappa shape index (κ1) is 8.27. The highest BCUT2D eigenvalue weighted by Gasteiger charge is 2.16. The number of fused-ring (bicyclic) bond motifs is 1. The lowest BCUT2D eigenvalue weighted by Gasteiger charge is -2.24. The summed E-state index contributed by atoms with van der Waals surface area (Å²) in [6.45, 7) is 4.36. The topological polar surface area (TPSA) is 12.0 Å². The van der Waals surface area contributed by atoms with E-state index in [9.17, 15) is 0 Å². The third-order valence-corrected chi connectivity index (χ3v) is 3.18. The third-order valence-electron chi connectivity index (χ3n) is 2.44. The zero-order valence-corrected chi connectivity index (χ0v) is 8.69. The molecule has 1 aliphatic rings. The molecule has 0 bridgehead atoms. The molecule has 0 aliphatic carbocycles. The van der Waals surface area contributed by atoms with E-state index in [1.54, 1.807) is 0 Å². The minimum atomic E-state index is 0.645. The van der Waals surface area contributed by atoms with Gasteiger partial charge < -0.3 is 5.32 Å². The van der Waals surface area contributed by atoms with Crippen LogP contribution in [0.1, 0.15) is 24.0 Å². The van der Waals surface area contributed by atoms with Crippen molar-refractivity contribution in [1.29, 1.82) is 0 Å². The van der Waals surface area contributed by atoms with E-state index in [-0.39, 0.29) is 0 Å². The second-order valence-corrected chi connectivity index (χ2v) is 4.19. The van der Waals surface area contributed by atoms with E-state index < -0.39 is 0 Å². The van der Waals surface area contributed by atoms with Crippen LogP contribution in [0.25, 0.3) is 0 Å². The monoisotopic (exact) mass is 225 g/mol. The molecule has 1 aromatic carbocycles. The summed E-state index contributed by atoms with van der Waals surface area (Å²) < 4.78 is 1.24. The fraction of sp³-hybridized carbons (Fsp3) is 0.400. The van der Waals surface area contributed by atoms with Crippen LogP contribution in [0.2, 0.25) is 0 Å². The minimum absolute atomic E-state index is 0.645. The van der Waals surface area contributed by atoms with Crippen LogP contribution in [-0.2, 0) is 6.54 Å². The van der Waals surface area contributed by atoms with Crippen LogP contribution in [0.4, 0.5) is 0 Å². The lowest BCUT2D eigenvalue weighted by molar-refractivity contribution is 0.569. The molecule has 0 aromatic heterocycles. The number of halogens is 1. The van der Waals surface area contributed by atoms with Crippen LogP contribution >= 0.6 is 15.9 Å². The summed E-state index contributed by atoms with van der Waals surface area (Å²) in [5.74, 6) is 0.645. The second kappa shape index (κ2) is 3.19. The van der Waals surface area contributed by atoms with Gasteiger partial charge in [-0.3, -0.25) is 0 Å². The van der Waals surface area contributed by atoms with Gasteiger partial charge in [0.2, 0.25) is 0 Å². The van der Waals surface area contributed by atoms with E-state index in [2.05, 4.69) is 46.4 Å². The number of hydrogen-bond acceptors (Lipinski definition) is 1. The van der Waals surface area contributed by atoms with Crippen LogP contribution in [0.3, 0.4) is 0 Å². The van der Waals surface area contributed by atoms with Crippen molar-refractivity contribution in [3.63, 3.8) is 0 Å². The van der Waals surface area contributed by atoms with Crippen molar-refractivity contribution >= 4 is 15.9 Å². The van der Waals surface area contributed by atoms with Gasteiger partial charge in [-0.05, 0) is 23.1 Å². The van der Waals surface area contributed by atoms with Crippen LogP contribution < -0.4 is 5.32 Å². The molecule has 1 atom stereocenters. The Hall–Kier alpha value is -0.340. The van der Waals surface area contributed by atoms with Gasteiger partial charge in [0.15, 0.2) is 0 Å². The van der Waals surface area contributed by atoms with E-state index in [0.29, 0.717) is 5.92 Å². The normalized spacial score (nSPS) is 22.0. The Morgan fingerprint density at radius 3 is 3.08 bits per heavy atom. The van der Waals surface area contributed by atoms with Gasteiger partial charge in [0.1, 0.15) is 0 Å². The molecule has 0 spiro atoms. The van der Waals surface area contributed by atoms with Crippen molar-refractivity contribution in [3.05, 3.63) is 33.8 Å². The van der Waals surface area contributed by atoms with Gasteiger partial charge in [0.25, 0.3) is 0 Å². The summed E-state index contributed by atoms with van der Waals surface area (Å²) in [7, 11) is 0. The molecule has 1 unspecified atom stereocenters. The molecule has 0 amide bonds. The predicted octanol–water partition coefficient (Wildman–Crippen LogP) is 2.66. The Bertz CT molecular complexity index is 296. The quantitative estimate of drug-likeness (QED) is 0.717. The maximum absolute atomic E-state index is 3.57. The van der Waals surface area contributed by atoms with Crippen LogP contribution in [0.5, 0.6) is 0 Å². The van der Waals surface area contributed by atoms with Gasteiger partial charge in [0.05, 0.1) is 0 Å². The fourth-order valence-corrected chi connectivity index (χ4v) is 2.27. The Balaban J connectivity index is 2.52. The highest BCUT2D eigenvalue weighted by molar-refractivity contribution is 9.10. The van der Waals surface area contributed by atoms with Crippen LogP contribution in [0, 0.1) is 0 Å². The molecule has 0 saturated heterocycles. The average molecular weight is 226 g/mol. The molecular weight excluding hydrogens is 214 g/mol. The number of benzene rings is 1. The van der Waals surface area contributed by atoms with Gasteiger partial charge in [-0.1, -0.05) is 35.0 Å². The van der Waals surface area contributed by atoms with Crippen LogP contribution in [0.15, 0.2) is 22.7 Å². The molecule has 12 heavy (non-hydrogen) atoms. The molecule has 0 fully saturated rings. The zero-order chi connectivity index (χ0) is 8.55. The first-order valence-corrected chi connectivity index (χ1v) is 5.06. The number of nitrogens with one attached hydrogen (secondary N) is 1. The maximum atomic E-state index is 3.57. The maximum Gasteiger partial charge on any atom is 0.0223 e. The molecule has 1 nitrogen and oxygen atoms in total. The highest BCUT2D eigenvalue weighted by atomic mass is 79.9. The smallest absolute Gasteiger partial charge is 0.0223 e. The summed E-state index contributed by atoms with van der Waals surface area (Å²) in [5.41, 5.74) is 2.92. The van der Waals surface area contributed by atoms with Crippen molar-refractivity contribution in [2.24, 2.45) is 0 Å². The third kappa shape index (κ3) is 1.29.